The van der Waals surface area contributed by atoms with E-state index in [2.05, 4.69) is 11.6 Å². The van der Waals surface area contributed by atoms with Crippen LogP contribution in [0.2, 0.25) is 0 Å². The molecule has 0 aromatic heterocycles. The first-order valence-electron chi connectivity index (χ1n) is 8.03. The first-order valence-corrected chi connectivity index (χ1v) is 9.51. The van der Waals surface area contributed by atoms with E-state index in [-0.39, 0.29) is 0 Å². The van der Waals surface area contributed by atoms with Crippen LogP contribution >= 0.6 is 0 Å². The molecule has 1 N–H and O–H groups in total. The number of aryl methyl sites for hydroxylation is 4. The minimum atomic E-state index is -3.57. The Hall–Kier alpha value is -1.81. The Morgan fingerprint density at radius 3 is 2.04 bits per heavy atom. The van der Waals surface area contributed by atoms with Gasteiger partial charge in [0.05, 0.1) is 4.90 Å². The predicted molar refractivity (Wildman–Crippen MR) is 96.5 cm³/mol. The fourth-order valence-corrected chi connectivity index (χ4v) is 4.43. The van der Waals surface area contributed by atoms with Crippen LogP contribution in [0.15, 0.2) is 41.3 Å². The molecule has 124 valence electrons. The molecule has 3 nitrogen and oxygen atoms in total. The second kappa shape index (κ2) is 7.18. The van der Waals surface area contributed by atoms with Crippen molar-refractivity contribution in [1.82, 2.24) is 0 Å². The summed E-state index contributed by atoms with van der Waals surface area (Å²) in [7, 11) is -3.57. The molecule has 2 aromatic rings. The number of hydrogen-bond donors (Lipinski definition) is 1. The number of benzene rings is 2. The lowest BCUT2D eigenvalue weighted by Crippen LogP contribution is -2.16. The van der Waals surface area contributed by atoms with Crippen molar-refractivity contribution < 1.29 is 8.42 Å². The van der Waals surface area contributed by atoms with Crippen molar-refractivity contribution in [2.75, 3.05) is 4.72 Å². The first-order chi connectivity index (χ1) is 10.8. The van der Waals surface area contributed by atoms with E-state index < -0.39 is 10.0 Å². The van der Waals surface area contributed by atoms with Gasteiger partial charge in [0.2, 0.25) is 0 Å². The fraction of sp³-hybridized carbons (Fsp3) is 0.368. The van der Waals surface area contributed by atoms with Crippen molar-refractivity contribution in [3.8, 4) is 0 Å². The van der Waals surface area contributed by atoms with Gasteiger partial charge in [-0.2, -0.15) is 0 Å². The number of nitrogens with one attached hydrogen (secondary N) is 1. The molecular formula is C19H25NO2S. The Kier molecular flexibility index (Phi) is 5.47. The summed E-state index contributed by atoms with van der Waals surface area (Å²) in [5.74, 6) is 0. The van der Waals surface area contributed by atoms with Crippen molar-refractivity contribution >= 4 is 15.7 Å². The van der Waals surface area contributed by atoms with Gasteiger partial charge in [-0.25, -0.2) is 8.42 Å². The van der Waals surface area contributed by atoms with Crippen LogP contribution in [0.5, 0.6) is 0 Å². The lowest BCUT2D eigenvalue weighted by molar-refractivity contribution is 0.600. The Morgan fingerprint density at radius 2 is 1.52 bits per heavy atom. The van der Waals surface area contributed by atoms with Gasteiger partial charge in [0, 0.05) is 5.69 Å². The molecule has 0 unspecified atom stereocenters. The molecule has 0 atom stereocenters. The molecule has 0 fully saturated rings. The van der Waals surface area contributed by atoms with Gasteiger partial charge in [-0.05, 0) is 62.4 Å². The summed E-state index contributed by atoms with van der Waals surface area (Å²) < 4.78 is 28.1. The Labute approximate surface area is 139 Å². The van der Waals surface area contributed by atoms with Crippen molar-refractivity contribution in [2.45, 2.75) is 51.9 Å². The summed E-state index contributed by atoms with van der Waals surface area (Å²) in [6.07, 6.45) is 3.33. The Balaban J connectivity index is 2.25. The second-order valence-electron chi connectivity index (χ2n) is 6.13. The van der Waals surface area contributed by atoms with Crippen molar-refractivity contribution in [2.24, 2.45) is 0 Å². The zero-order valence-electron chi connectivity index (χ0n) is 14.3. The third-order valence-electron chi connectivity index (χ3n) is 3.90. The normalized spacial score (nSPS) is 11.5. The molecular weight excluding hydrogens is 306 g/mol. The summed E-state index contributed by atoms with van der Waals surface area (Å²) in [5, 5.41) is 0. The van der Waals surface area contributed by atoms with E-state index in [1.54, 1.807) is 0 Å². The highest BCUT2D eigenvalue weighted by Gasteiger charge is 2.19. The molecule has 0 spiro atoms. The molecule has 2 rings (SSSR count). The summed E-state index contributed by atoms with van der Waals surface area (Å²) in [6, 6.07) is 11.4. The predicted octanol–water partition coefficient (Wildman–Crippen LogP) is 4.76. The molecule has 0 heterocycles. The minimum absolute atomic E-state index is 0.373. The van der Waals surface area contributed by atoms with Crippen LogP contribution in [0.1, 0.15) is 42.0 Å². The maximum absolute atomic E-state index is 12.7. The van der Waals surface area contributed by atoms with Crippen LogP contribution in [0.4, 0.5) is 5.69 Å². The van der Waals surface area contributed by atoms with E-state index >= 15 is 0 Å². The van der Waals surface area contributed by atoms with Crippen molar-refractivity contribution in [1.29, 1.82) is 0 Å². The second-order valence-corrected chi connectivity index (χ2v) is 7.75. The van der Waals surface area contributed by atoms with Gasteiger partial charge in [0.25, 0.3) is 10.0 Å². The molecule has 0 aliphatic heterocycles. The van der Waals surface area contributed by atoms with Gasteiger partial charge in [-0.1, -0.05) is 43.2 Å². The minimum Gasteiger partial charge on any atom is -0.280 e. The summed E-state index contributed by atoms with van der Waals surface area (Å²) in [6.45, 7) is 7.80. The first kappa shape index (κ1) is 17.5. The summed E-state index contributed by atoms with van der Waals surface area (Å²) in [5.41, 5.74) is 4.45. The van der Waals surface area contributed by atoms with Gasteiger partial charge in [-0.3, -0.25) is 4.72 Å². The van der Waals surface area contributed by atoms with Gasteiger partial charge in [0.1, 0.15) is 0 Å². The smallest absolute Gasteiger partial charge is 0.262 e. The molecule has 0 radical (unpaired) electrons. The zero-order chi connectivity index (χ0) is 17.0. The average Bonchev–Trinajstić information content (AvgIpc) is 2.44. The Morgan fingerprint density at radius 1 is 0.957 bits per heavy atom. The van der Waals surface area contributed by atoms with E-state index in [1.807, 2.05) is 57.2 Å². The molecule has 0 aliphatic carbocycles. The SMILES string of the molecule is CCCCc1ccc(NS(=O)(=O)c2c(C)cc(C)cc2C)cc1. The Bertz CT molecular complexity index is 755. The number of sulfonamides is 1. The molecule has 0 amide bonds. The molecule has 4 heteroatoms. The van der Waals surface area contributed by atoms with Gasteiger partial charge in [-0.15, -0.1) is 0 Å². The number of rotatable bonds is 6. The van der Waals surface area contributed by atoms with Crippen LogP contribution in [0, 0.1) is 20.8 Å². The highest BCUT2D eigenvalue weighted by Crippen LogP contribution is 2.24. The number of unbranched alkanes of at least 4 members (excludes halogenated alkanes) is 1. The molecule has 0 saturated heterocycles. The van der Waals surface area contributed by atoms with Crippen LogP contribution in [-0.4, -0.2) is 8.42 Å². The largest absolute Gasteiger partial charge is 0.280 e. The lowest BCUT2D eigenvalue weighted by atomic mass is 10.1. The van der Waals surface area contributed by atoms with E-state index in [0.717, 1.165) is 36.0 Å². The van der Waals surface area contributed by atoms with Gasteiger partial charge in [0.15, 0.2) is 0 Å². The van der Waals surface area contributed by atoms with Crippen LogP contribution in [-0.2, 0) is 16.4 Å². The van der Waals surface area contributed by atoms with Crippen molar-refractivity contribution in [3.05, 3.63) is 58.7 Å². The van der Waals surface area contributed by atoms with Gasteiger partial charge >= 0.3 is 0 Å². The van der Waals surface area contributed by atoms with E-state index in [9.17, 15) is 8.42 Å². The highest BCUT2D eigenvalue weighted by atomic mass is 32.2. The average molecular weight is 331 g/mol. The van der Waals surface area contributed by atoms with Crippen LogP contribution in [0.25, 0.3) is 0 Å². The lowest BCUT2D eigenvalue weighted by Gasteiger charge is -2.14. The maximum Gasteiger partial charge on any atom is 0.262 e. The molecule has 2 aromatic carbocycles. The molecule has 23 heavy (non-hydrogen) atoms. The fourth-order valence-electron chi connectivity index (χ4n) is 2.92. The third kappa shape index (κ3) is 4.35. The zero-order valence-corrected chi connectivity index (χ0v) is 15.1. The van der Waals surface area contributed by atoms with E-state index in [0.29, 0.717) is 10.6 Å². The number of hydrogen-bond acceptors (Lipinski definition) is 2. The van der Waals surface area contributed by atoms with E-state index in [4.69, 9.17) is 0 Å². The molecule has 0 bridgehead atoms. The van der Waals surface area contributed by atoms with Crippen LogP contribution < -0.4 is 4.72 Å². The molecule has 0 saturated carbocycles. The molecule has 0 aliphatic rings. The topological polar surface area (TPSA) is 46.2 Å². The number of anilines is 1. The van der Waals surface area contributed by atoms with Gasteiger partial charge < -0.3 is 0 Å². The maximum atomic E-state index is 12.7. The summed E-state index contributed by atoms with van der Waals surface area (Å²) in [4.78, 5) is 0.373. The monoisotopic (exact) mass is 331 g/mol. The van der Waals surface area contributed by atoms with Crippen LogP contribution in [0.3, 0.4) is 0 Å². The summed E-state index contributed by atoms with van der Waals surface area (Å²) >= 11 is 0. The van der Waals surface area contributed by atoms with Crippen molar-refractivity contribution in [3.63, 3.8) is 0 Å². The highest BCUT2D eigenvalue weighted by molar-refractivity contribution is 7.92. The standard InChI is InChI=1S/C19H25NO2S/c1-5-6-7-17-8-10-18(11-9-17)20-23(21,22)19-15(3)12-14(2)13-16(19)4/h8-13,20H,5-7H2,1-4H3. The third-order valence-corrected chi connectivity index (χ3v) is 5.58. The van der Waals surface area contributed by atoms with E-state index in [1.165, 1.54) is 5.56 Å². The quantitative estimate of drug-likeness (QED) is 0.830.